The molecule has 5 rings (SSSR count). The highest BCUT2D eigenvalue weighted by atomic mass is 16.4. The van der Waals surface area contributed by atoms with Crippen molar-refractivity contribution in [3.05, 3.63) is 0 Å². The van der Waals surface area contributed by atoms with Gasteiger partial charge >= 0.3 is 12.0 Å². The highest BCUT2D eigenvalue weighted by Crippen LogP contribution is 2.55. The molecule has 4 bridgehead atoms. The Morgan fingerprint density at radius 3 is 2.11 bits per heavy atom. The standard InChI is InChI=1S/C21H33N3O4/c1-12-3-17(19(26)27)11-24(10-12)13(2)18(25)22-20(28)23-21-7-14-4-15(8-21)6-16(5-14)9-21/h12-17H,3-11H2,1-2H3,(H,26,27)(H2,22,23,25,28). The van der Waals surface area contributed by atoms with Gasteiger partial charge in [0.2, 0.25) is 5.91 Å². The number of nitrogens with zero attached hydrogens (tertiary/aromatic N) is 1. The maximum Gasteiger partial charge on any atom is 0.321 e. The Morgan fingerprint density at radius 1 is 1.00 bits per heavy atom. The molecule has 5 fully saturated rings. The lowest BCUT2D eigenvalue weighted by Crippen LogP contribution is -2.62. The summed E-state index contributed by atoms with van der Waals surface area (Å²) in [6.45, 7) is 4.79. The highest BCUT2D eigenvalue weighted by Gasteiger charge is 2.51. The van der Waals surface area contributed by atoms with Crippen LogP contribution in [0.3, 0.4) is 0 Å². The molecule has 0 aromatic heterocycles. The Labute approximate surface area is 166 Å². The van der Waals surface area contributed by atoms with Gasteiger partial charge in [-0.3, -0.25) is 19.8 Å². The van der Waals surface area contributed by atoms with Crippen molar-refractivity contribution in [2.75, 3.05) is 13.1 Å². The minimum absolute atomic E-state index is 0.129. The van der Waals surface area contributed by atoms with Crippen molar-refractivity contribution < 1.29 is 19.5 Å². The number of piperidine rings is 1. The first-order chi connectivity index (χ1) is 13.2. The molecule has 0 aromatic carbocycles. The first-order valence-electron chi connectivity index (χ1n) is 10.8. The topological polar surface area (TPSA) is 98.7 Å². The molecule has 3 unspecified atom stereocenters. The van der Waals surface area contributed by atoms with Gasteiger partial charge in [0.1, 0.15) is 0 Å². The average Bonchev–Trinajstić information content (AvgIpc) is 2.58. The third-order valence-electron chi connectivity index (χ3n) is 7.62. The van der Waals surface area contributed by atoms with E-state index in [9.17, 15) is 19.5 Å². The maximum atomic E-state index is 12.7. The number of amides is 3. The number of aliphatic carboxylic acids is 1. The number of nitrogens with one attached hydrogen (secondary N) is 2. The fourth-order valence-electron chi connectivity index (χ4n) is 6.81. The van der Waals surface area contributed by atoms with E-state index in [2.05, 4.69) is 10.6 Å². The minimum Gasteiger partial charge on any atom is -0.481 e. The van der Waals surface area contributed by atoms with E-state index in [0.717, 1.165) is 37.0 Å². The zero-order valence-electron chi connectivity index (χ0n) is 16.9. The Balaban J connectivity index is 1.33. The van der Waals surface area contributed by atoms with Crippen molar-refractivity contribution in [2.45, 2.75) is 70.4 Å². The fraction of sp³-hybridized carbons (Fsp3) is 0.857. The number of carboxylic acids is 1. The van der Waals surface area contributed by atoms with Crippen LogP contribution < -0.4 is 10.6 Å². The van der Waals surface area contributed by atoms with Crippen molar-refractivity contribution in [1.82, 2.24) is 15.5 Å². The van der Waals surface area contributed by atoms with E-state index in [0.29, 0.717) is 19.5 Å². The van der Waals surface area contributed by atoms with Crippen LogP contribution in [-0.2, 0) is 9.59 Å². The van der Waals surface area contributed by atoms with Gasteiger partial charge in [-0.1, -0.05) is 6.92 Å². The van der Waals surface area contributed by atoms with E-state index < -0.39 is 24.0 Å². The lowest BCUT2D eigenvalue weighted by Gasteiger charge is -2.56. The number of rotatable bonds is 4. The fourth-order valence-corrected chi connectivity index (χ4v) is 6.81. The van der Waals surface area contributed by atoms with Gasteiger partial charge in [0.15, 0.2) is 0 Å². The second kappa shape index (κ2) is 7.32. The molecule has 156 valence electrons. The molecule has 7 nitrogen and oxygen atoms in total. The number of carbonyl (C=O) groups excluding carboxylic acids is 2. The first-order valence-corrected chi connectivity index (χ1v) is 10.8. The van der Waals surface area contributed by atoms with Gasteiger partial charge in [0.05, 0.1) is 12.0 Å². The molecular weight excluding hydrogens is 358 g/mol. The van der Waals surface area contributed by atoms with Crippen molar-refractivity contribution in [3.8, 4) is 0 Å². The van der Waals surface area contributed by atoms with Gasteiger partial charge in [-0.05, 0) is 75.5 Å². The third kappa shape index (κ3) is 3.91. The second-order valence-electron chi connectivity index (χ2n) is 10.1. The number of imide groups is 1. The van der Waals surface area contributed by atoms with E-state index in [1.54, 1.807) is 6.92 Å². The summed E-state index contributed by atoms with van der Waals surface area (Å²) in [5.74, 6) is 0.770. The van der Waals surface area contributed by atoms with E-state index >= 15 is 0 Å². The highest BCUT2D eigenvalue weighted by molar-refractivity contribution is 5.97. The molecule has 28 heavy (non-hydrogen) atoms. The molecule has 1 saturated heterocycles. The quantitative estimate of drug-likeness (QED) is 0.682. The van der Waals surface area contributed by atoms with Crippen LogP contribution in [0.15, 0.2) is 0 Å². The predicted molar refractivity (Wildman–Crippen MR) is 104 cm³/mol. The number of hydrogen-bond acceptors (Lipinski definition) is 4. The van der Waals surface area contributed by atoms with Crippen molar-refractivity contribution in [3.63, 3.8) is 0 Å². The molecule has 1 heterocycles. The van der Waals surface area contributed by atoms with Crippen molar-refractivity contribution >= 4 is 17.9 Å². The van der Waals surface area contributed by atoms with E-state index in [4.69, 9.17) is 0 Å². The summed E-state index contributed by atoms with van der Waals surface area (Å²) in [7, 11) is 0. The summed E-state index contributed by atoms with van der Waals surface area (Å²) in [6.07, 6.45) is 7.66. The minimum atomic E-state index is -0.816. The van der Waals surface area contributed by atoms with Gasteiger partial charge < -0.3 is 10.4 Å². The smallest absolute Gasteiger partial charge is 0.321 e. The maximum absolute atomic E-state index is 12.7. The van der Waals surface area contributed by atoms with Crippen LogP contribution in [-0.4, -0.2) is 52.6 Å². The summed E-state index contributed by atoms with van der Waals surface area (Å²) in [4.78, 5) is 38.5. The zero-order chi connectivity index (χ0) is 20.1. The number of likely N-dealkylation sites (tertiary alicyclic amines) is 1. The van der Waals surface area contributed by atoms with Crippen LogP contribution in [0.1, 0.15) is 58.8 Å². The molecule has 3 N–H and O–H groups in total. The monoisotopic (exact) mass is 391 g/mol. The number of carboxylic acid groups (broad SMARTS) is 1. The summed E-state index contributed by atoms with van der Waals surface area (Å²) in [5, 5.41) is 15.0. The van der Waals surface area contributed by atoms with Gasteiger partial charge in [-0.25, -0.2) is 4.79 Å². The molecule has 1 aliphatic heterocycles. The largest absolute Gasteiger partial charge is 0.481 e. The third-order valence-corrected chi connectivity index (χ3v) is 7.62. The van der Waals surface area contributed by atoms with Crippen LogP contribution in [0, 0.1) is 29.6 Å². The van der Waals surface area contributed by atoms with E-state index in [1.807, 2.05) is 11.8 Å². The summed E-state index contributed by atoms with van der Waals surface area (Å²) in [6, 6.07) is -0.912. The van der Waals surface area contributed by atoms with E-state index in [-0.39, 0.29) is 17.4 Å². The number of hydrogen-bond donors (Lipinski definition) is 3. The molecule has 0 radical (unpaired) electrons. The molecule has 4 aliphatic carbocycles. The molecule has 0 spiro atoms. The number of urea groups is 1. The van der Waals surface area contributed by atoms with Gasteiger partial charge in [0, 0.05) is 18.6 Å². The molecule has 4 saturated carbocycles. The molecule has 7 heteroatoms. The van der Waals surface area contributed by atoms with Crippen LogP contribution in [0.25, 0.3) is 0 Å². The second-order valence-corrected chi connectivity index (χ2v) is 10.1. The molecule has 3 amide bonds. The summed E-state index contributed by atoms with van der Waals surface area (Å²) >= 11 is 0. The molecule has 3 atom stereocenters. The van der Waals surface area contributed by atoms with Crippen LogP contribution in [0.5, 0.6) is 0 Å². The molecule has 5 aliphatic rings. The van der Waals surface area contributed by atoms with Crippen LogP contribution in [0.2, 0.25) is 0 Å². The Kier molecular flexibility index (Phi) is 5.14. The van der Waals surface area contributed by atoms with E-state index in [1.165, 1.54) is 19.3 Å². The lowest BCUT2D eigenvalue weighted by molar-refractivity contribution is -0.145. The van der Waals surface area contributed by atoms with Gasteiger partial charge in [-0.15, -0.1) is 0 Å². The Bertz CT molecular complexity index is 629. The average molecular weight is 392 g/mol. The van der Waals surface area contributed by atoms with Crippen LogP contribution >= 0.6 is 0 Å². The molecular formula is C21H33N3O4. The summed E-state index contributed by atoms with van der Waals surface area (Å²) < 4.78 is 0. The van der Waals surface area contributed by atoms with Gasteiger partial charge in [-0.2, -0.15) is 0 Å². The first kappa shape index (κ1) is 19.7. The zero-order valence-corrected chi connectivity index (χ0v) is 16.9. The normalized spacial score (nSPS) is 40.7. The van der Waals surface area contributed by atoms with Crippen molar-refractivity contribution in [2.24, 2.45) is 29.6 Å². The summed E-state index contributed by atoms with van der Waals surface area (Å²) in [5.41, 5.74) is -0.129. The Morgan fingerprint density at radius 2 is 1.57 bits per heavy atom. The van der Waals surface area contributed by atoms with Crippen LogP contribution in [0.4, 0.5) is 4.79 Å². The Hall–Kier alpha value is -1.63. The predicted octanol–water partition coefficient (Wildman–Crippen LogP) is 2.21. The SMILES string of the molecule is CC1CC(C(=O)O)CN(C(C)C(=O)NC(=O)NC23CC4CC(CC(C4)C2)C3)C1. The number of carbonyl (C=O) groups is 3. The molecule has 0 aromatic rings. The van der Waals surface area contributed by atoms with Gasteiger partial charge in [0.25, 0.3) is 0 Å². The lowest BCUT2D eigenvalue weighted by atomic mass is 9.53. The van der Waals surface area contributed by atoms with Crippen molar-refractivity contribution in [1.29, 1.82) is 0 Å².